The second-order valence-corrected chi connectivity index (χ2v) is 10.7. The fourth-order valence-corrected chi connectivity index (χ4v) is 4.65. The number of nitrogens with zero attached hydrogens (tertiary/aromatic N) is 3. The number of furan rings is 1. The molecule has 0 spiro atoms. The molecular weight excluding hydrogens is 589 g/mol. The minimum atomic E-state index is -0.550. The van der Waals surface area contributed by atoms with E-state index in [4.69, 9.17) is 13.9 Å². The van der Waals surface area contributed by atoms with Crippen LogP contribution in [0.4, 0.5) is 15.8 Å². The van der Waals surface area contributed by atoms with Crippen LogP contribution in [0.3, 0.4) is 0 Å². The molecule has 3 aromatic carbocycles. The van der Waals surface area contributed by atoms with E-state index in [2.05, 4.69) is 46.4 Å². The van der Waals surface area contributed by atoms with Gasteiger partial charge in [-0.25, -0.2) is 9.82 Å². The Balaban J connectivity index is 1.16. The van der Waals surface area contributed by atoms with Gasteiger partial charge in [0.25, 0.3) is 5.91 Å². The fourth-order valence-electron chi connectivity index (χ4n) is 4.65. The first kappa shape index (κ1) is 31.6. The Labute approximate surface area is 266 Å². The lowest BCUT2D eigenvalue weighted by atomic mass is 10.2. The Bertz CT molecular complexity index is 1840. The predicted octanol–water partition coefficient (Wildman–Crippen LogP) is 6.25. The maximum absolute atomic E-state index is 13.4. The fraction of sp³-hybridized carbons (Fsp3) is 0.171. The normalized spacial score (nSPS) is 11.0. The number of ether oxygens (including phenoxy) is 2. The third kappa shape index (κ3) is 8.00. The maximum atomic E-state index is 13.4. The summed E-state index contributed by atoms with van der Waals surface area (Å²) in [6.45, 7) is 3.94. The van der Waals surface area contributed by atoms with Crippen LogP contribution in [-0.4, -0.2) is 43.3 Å². The minimum absolute atomic E-state index is 0.0677. The van der Waals surface area contributed by atoms with E-state index in [1.54, 1.807) is 30.3 Å². The van der Waals surface area contributed by atoms with Gasteiger partial charge in [0.2, 0.25) is 0 Å². The van der Waals surface area contributed by atoms with Gasteiger partial charge in [-0.2, -0.15) is 5.10 Å². The number of aryl methyl sites for hydroxylation is 2. The lowest BCUT2D eigenvalue weighted by molar-refractivity contribution is -0.118. The Morgan fingerprint density at radius 3 is 2.41 bits per heavy atom. The molecule has 10 nitrogen and oxygen atoms in total. The van der Waals surface area contributed by atoms with Crippen LogP contribution in [-0.2, 0) is 11.4 Å². The number of aromatic nitrogens is 1. The Morgan fingerprint density at radius 2 is 1.70 bits per heavy atom. The molecule has 5 aromatic rings. The molecular formula is C35H34FN5O5. The van der Waals surface area contributed by atoms with Crippen molar-refractivity contribution in [3.63, 3.8) is 0 Å². The second kappa shape index (κ2) is 14.3. The number of hydrogen-bond acceptors (Lipinski definition) is 7. The summed E-state index contributed by atoms with van der Waals surface area (Å²) < 4.78 is 32.9. The number of anilines is 2. The van der Waals surface area contributed by atoms with E-state index < -0.39 is 17.6 Å². The van der Waals surface area contributed by atoms with Gasteiger partial charge in [0.05, 0.1) is 6.21 Å². The van der Waals surface area contributed by atoms with Crippen LogP contribution in [0.15, 0.2) is 101 Å². The number of nitrogens with one attached hydrogen (secondary N) is 2. The highest BCUT2D eigenvalue weighted by Crippen LogP contribution is 2.24. The summed E-state index contributed by atoms with van der Waals surface area (Å²) in [6, 6.07) is 26.0. The summed E-state index contributed by atoms with van der Waals surface area (Å²) >= 11 is 0. The molecule has 0 bridgehead atoms. The van der Waals surface area contributed by atoms with Gasteiger partial charge in [-0.15, -0.1) is 0 Å². The largest absolute Gasteiger partial charge is 0.486 e. The summed E-state index contributed by atoms with van der Waals surface area (Å²) in [7, 11) is 3.74. The smallest absolute Gasteiger partial charge is 0.307 e. The lowest BCUT2D eigenvalue weighted by Gasteiger charge is -2.16. The van der Waals surface area contributed by atoms with Gasteiger partial charge in [-0.3, -0.25) is 9.59 Å². The van der Waals surface area contributed by atoms with Crippen molar-refractivity contribution < 1.29 is 27.9 Å². The van der Waals surface area contributed by atoms with E-state index in [-0.39, 0.29) is 19.0 Å². The van der Waals surface area contributed by atoms with Gasteiger partial charge < -0.3 is 28.7 Å². The minimum Gasteiger partial charge on any atom is -0.486 e. The molecule has 0 aliphatic heterocycles. The number of carbonyl (C=O) groups excluding carboxylic acids is 2. The first-order chi connectivity index (χ1) is 22.2. The summed E-state index contributed by atoms with van der Waals surface area (Å²) in [5.41, 5.74) is 7.45. The molecule has 0 unspecified atom stereocenters. The van der Waals surface area contributed by atoms with Crippen LogP contribution in [0.1, 0.15) is 33.3 Å². The van der Waals surface area contributed by atoms with Crippen molar-refractivity contribution in [1.29, 1.82) is 0 Å². The highest BCUT2D eigenvalue weighted by Gasteiger charge is 2.13. The number of rotatable bonds is 12. The van der Waals surface area contributed by atoms with E-state index in [0.717, 1.165) is 22.8 Å². The number of hydrazone groups is 1. The summed E-state index contributed by atoms with van der Waals surface area (Å²) in [6.07, 6.45) is 1.41. The number of hydrogen-bond donors (Lipinski definition) is 2. The summed E-state index contributed by atoms with van der Waals surface area (Å²) in [4.78, 5) is 27.0. The highest BCUT2D eigenvalue weighted by atomic mass is 19.1. The first-order valence-corrected chi connectivity index (χ1v) is 14.5. The molecule has 0 atom stereocenters. The molecule has 0 saturated heterocycles. The van der Waals surface area contributed by atoms with E-state index in [1.807, 2.05) is 49.3 Å². The quantitative estimate of drug-likeness (QED) is 0.126. The average Bonchev–Trinajstić information content (AvgIpc) is 3.65. The molecule has 0 aliphatic carbocycles. The third-order valence-corrected chi connectivity index (χ3v) is 6.98. The molecule has 2 aromatic heterocycles. The highest BCUT2D eigenvalue weighted by molar-refractivity contribution is 5.93. The summed E-state index contributed by atoms with van der Waals surface area (Å²) in [5, 5.41) is 6.64. The number of amides is 2. The van der Waals surface area contributed by atoms with Gasteiger partial charge >= 0.3 is 5.91 Å². The van der Waals surface area contributed by atoms with Crippen molar-refractivity contribution in [2.75, 3.05) is 30.9 Å². The monoisotopic (exact) mass is 623 g/mol. The van der Waals surface area contributed by atoms with Crippen LogP contribution >= 0.6 is 0 Å². The standard InChI is InChI=1S/C35H34FN5O5/c1-23-8-9-24(2)41(23)28-12-14-30(15-13-28)44-21-31-16-17-32(46-31)35(43)39-37-20-25-10-11-29(40(3)4)19-33(25)45-22-34(42)38-27-7-5-6-26(36)18-27/h5-20H,21-22H2,1-4H3,(H,38,42)(H,39,43)/b37-20+. The number of halogens is 1. The molecule has 2 N–H and O–H groups in total. The number of carbonyl (C=O) groups is 2. The molecule has 0 saturated carbocycles. The first-order valence-electron chi connectivity index (χ1n) is 14.5. The van der Waals surface area contributed by atoms with E-state index in [1.165, 1.54) is 24.4 Å². The Kier molecular flexibility index (Phi) is 9.81. The molecule has 0 aliphatic rings. The second-order valence-electron chi connectivity index (χ2n) is 10.7. The van der Waals surface area contributed by atoms with E-state index in [9.17, 15) is 14.0 Å². The molecule has 0 radical (unpaired) electrons. The van der Waals surface area contributed by atoms with Crippen LogP contribution in [0.5, 0.6) is 11.5 Å². The van der Waals surface area contributed by atoms with Crippen LogP contribution in [0.25, 0.3) is 5.69 Å². The maximum Gasteiger partial charge on any atom is 0.307 e. The topological polar surface area (TPSA) is 110 Å². The van der Waals surface area contributed by atoms with Gasteiger partial charge in [0, 0.05) is 54.2 Å². The van der Waals surface area contributed by atoms with Crippen LogP contribution in [0, 0.1) is 19.7 Å². The number of benzene rings is 3. The van der Waals surface area contributed by atoms with Crippen LogP contribution in [0.2, 0.25) is 0 Å². The van der Waals surface area contributed by atoms with Crippen molar-refractivity contribution in [1.82, 2.24) is 9.99 Å². The SMILES string of the molecule is Cc1ccc(C)n1-c1ccc(OCc2ccc(C(=O)N/N=C/c3ccc(N(C)C)cc3OCC(=O)Nc3cccc(F)c3)o2)cc1. The lowest BCUT2D eigenvalue weighted by Crippen LogP contribution is -2.21. The zero-order valence-corrected chi connectivity index (χ0v) is 25.9. The average molecular weight is 624 g/mol. The zero-order valence-electron chi connectivity index (χ0n) is 25.9. The molecule has 5 rings (SSSR count). The van der Waals surface area contributed by atoms with Crippen LogP contribution < -0.4 is 25.1 Å². The molecule has 46 heavy (non-hydrogen) atoms. The van der Waals surface area contributed by atoms with E-state index in [0.29, 0.717) is 28.5 Å². The molecule has 2 amide bonds. The Hall–Kier alpha value is -5.84. The third-order valence-electron chi connectivity index (χ3n) is 6.98. The van der Waals surface area contributed by atoms with Crippen molar-refractivity contribution >= 4 is 29.4 Å². The summed E-state index contributed by atoms with van der Waals surface area (Å²) in [5.74, 6) is 0.0995. The van der Waals surface area contributed by atoms with Crippen molar-refractivity contribution in [2.45, 2.75) is 20.5 Å². The van der Waals surface area contributed by atoms with Crippen molar-refractivity contribution in [3.05, 3.63) is 125 Å². The van der Waals surface area contributed by atoms with Gasteiger partial charge in [-0.1, -0.05) is 6.07 Å². The molecule has 0 fully saturated rings. The molecule has 2 heterocycles. The zero-order chi connectivity index (χ0) is 32.6. The van der Waals surface area contributed by atoms with E-state index >= 15 is 0 Å². The predicted molar refractivity (Wildman–Crippen MR) is 175 cm³/mol. The molecule has 236 valence electrons. The van der Waals surface area contributed by atoms with Gasteiger partial charge in [-0.05, 0) is 92.7 Å². The van der Waals surface area contributed by atoms with Crippen molar-refractivity contribution in [3.8, 4) is 17.2 Å². The molecule has 11 heteroatoms. The van der Waals surface area contributed by atoms with Gasteiger partial charge in [0.15, 0.2) is 12.4 Å². The van der Waals surface area contributed by atoms with Gasteiger partial charge in [0.1, 0.15) is 29.7 Å². The Morgan fingerprint density at radius 1 is 0.935 bits per heavy atom. The van der Waals surface area contributed by atoms with Crippen molar-refractivity contribution in [2.24, 2.45) is 5.10 Å².